The van der Waals surface area contributed by atoms with Crippen LogP contribution in [0.4, 0.5) is 0 Å². The minimum Gasteiger partial charge on any atom is -0.393 e. The third-order valence-electron chi connectivity index (χ3n) is 7.29. The van der Waals surface area contributed by atoms with Gasteiger partial charge in [0, 0.05) is 43.5 Å². The smallest absolute Gasteiger partial charge is 0.222 e. The largest absolute Gasteiger partial charge is 0.393 e. The van der Waals surface area contributed by atoms with E-state index in [1.807, 2.05) is 6.20 Å². The van der Waals surface area contributed by atoms with Crippen LogP contribution >= 0.6 is 0 Å². The second-order valence-corrected chi connectivity index (χ2v) is 10.4. The standard InChI is InChI=1S/C29H46N6O/c1-6-7-16-31-29(30-5)34-28(33-25-9-11-26(36)12-10-25)22(4)27-13-8-24(20-32-27)19-23-14-17-35(18-15-23)21(2)3/h8,13,19-21,25-26,33,36H,5-7,9-12,14-18H2,1-4H3,(H,31,34)/b28-22+. The van der Waals surface area contributed by atoms with E-state index in [1.165, 1.54) is 5.57 Å². The lowest BCUT2D eigenvalue weighted by Gasteiger charge is -2.31. The van der Waals surface area contributed by atoms with Gasteiger partial charge in [0.25, 0.3) is 0 Å². The zero-order valence-electron chi connectivity index (χ0n) is 22.8. The van der Waals surface area contributed by atoms with Crippen molar-refractivity contribution >= 4 is 24.3 Å². The highest BCUT2D eigenvalue weighted by atomic mass is 16.3. The van der Waals surface area contributed by atoms with Gasteiger partial charge in [-0.3, -0.25) is 9.98 Å². The first-order chi connectivity index (χ1) is 17.4. The Morgan fingerprint density at radius 2 is 1.94 bits per heavy atom. The predicted molar refractivity (Wildman–Crippen MR) is 152 cm³/mol. The number of aliphatic hydroxyl groups excluding tert-OH is 1. The number of aromatic nitrogens is 1. The summed E-state index contributed by atoms with van der Waals surface area (Å²) < 4.78 is 0. The van der Waals surface area contributed by atoms with Crippen molar-refractivity contribution in [1.82, 2.24) is 20.5 Å². The van der Waals surface area contributed by atoms with Gasteiger partial charge in [-0.2, -0.15) is 0 Å². The molecule has 7 nitrogen and oxygen atoms in total. The number of aliphatic imine (C=N–C) groups is 2. The highest BCUT2D eigenvalue weighted by Gasteiger charge is 2.21. The number of rotatable bonds is 9. The van der Waals surface area contributed by atoms with E-state index in [0.29, 0.717) is 12.0 Å². The van der Waals surface area contributed by atoms with Crippen LogP contribution in [0, 0.1) is 0 Å². The van der Waals surface area contributed by atoms with Crippen LogP contribution in [0.25, 0.3) is 11.6 Å². The van der Waals surface area contributed by atoms with Gasteiger partial charge in [-0.05, 0) is 84.1 Å². The number of hydrogen-bond acceptors (Lipinski definition) is 5. The fraction of sp³-hybridized carbons (Fsp3) is 0.621. The number of guanidine groups is 1. The van der Waals surface area contributed by atoms with Crippen molar-refractivity contribution in [3.63, 3.8) is 0 Å². The van der Waals surface area contributed by atoms with Gasteiger partial charge < -0.3 is 20.6 Å². The first kappa shape index (κ1) is 28.1. The van der Waals surface area contributed by atoms with Crippen LogP contribution < -0.4 is 10.6 Å². The fourth-order valence-electron chi connectivity index (χ4n) is 4.79. The molecule has 1 aliphatic heterocycles. The topological polar surface area (TPSA) is 85.1 Å². The zero-order valence-corrected chi connectivity index (χ0v) is 22.8. The molecule has 0 unspecified atom stereocenters. The summed E-state index contributed by atoms with van der Waals surface area (Å²) in [6.45, 7) is 15.5. The maximum Gasteiger partial charge on any atom is 0.222 e. The summed E-state index contributed by atoms with van der Waals surface area (Å²) in [7, 11) is 0. The zero-order chi connectivity index (χ0) is 25.9. The average Bonchev–Trinajstić information content (AvgIpc) is 2.89. The van der Waals surface area contributed by atoms with Crippen LogP contribution in [0.1, 0.15) is 90.3 Å². The molecule has 2 fully saturated rings. The lowest BCUT2D eigenvalue weighted by atomic mass is 9.93. The van der Waals surface area contributed by atoms with E-state index in [4.69, 9.17) is 4.98 Å². The normalized spacial score (nSPS) is 22.3. The molecule has 36 heavy (non-hydrogen) atoms. The first-order valence-electron chi connectivity index (χ1n) is 13.7. The number of nitrogens with one attached hydrogen (secondary N) is 2. The second kappa shape index (κ2) is 14.3. The van der Waals surface area contributed by atoms with E-state index < -0.39 is 0 Å². The molecule has 0 bridgehead atoms. The van der Waals surface area contributed by atoms with Gasteiger partial charge in [-0.25, -0.2) is 4.99 Å². The van der Waals surface area contributed by atoms with Crippen LogP contribution in [0.5, 0.6) is 0 Å². The number of piperidine rings is 1. The Bertz CT molecular complexity index is 916. The summed E-state index contributed by atoms with van der Waals surface area (Å²) in [6, 6.07) is 5.15. The number of unbranched alkanes of at least 4 members (excludes halogenated alkanes) is 1. The van der Waals surface area contributed by atoms with Crippen molar-refractivity contribution < 1.29 is 5.11 Å². The van der Waals surface area contributed by atoms with Crippen molar-refractivity contribution in [2.24, 2.45) is 9.98 Å². The lowest BCUT2D eigenvalue weighted by molar-refractivity contribution is 0.118. The highest BCUT2D eigenvalue weighted by Crippen LogP contribution is 2.23. The molecule has 1 aliphatic carbocycles. The van der Waals surface area contributed by atoms with Crippen molar-refractivity contribution in [3.05, 3.63) is 41.0 Å². The van der Waals surface area contributed by atoms with Gasteiger partial charge in [0.15, 0.2) is 0 Å². The van der Waals surface area contributed by atoms with Gasteiger partial charge in [0.1, 0.15) is 5.82 Å². The molecule has 2 heterocycles. The molecule has 0 atom stereocenters. The van der Waals surface area contributed by atoms with Crippen LogP contribution in [-0.4, -0.2) is 65.5 Å². The van der Waals surface area contributed by atoms with Crippen molar-refractivity contribution in [2.75, 3.05) is 19.6 Å². The fourth-order valence-corrected chi connectivity index (χ4v) is 4.79. The summed E-state index contributed by atoms with van der Waals surface area (Å²) >= 11 is 0. The highest BCUT2D eigenvalue weighted by molar-refractivity contribution is 5.87. The van der Waals surface area contributed by atoms with Gasteiger partial charge in [-0.15, -0.1) is 0 Å². The van der Waals surface area contributed by atoms with Crippen molar-refractivity contribution in [3.8, 4) is 0 Å². The van der Waals surface area contributed by atoms with Crippen LogP contribution in [0.15, 0.2) is 39.7 Å². The van der Waals surface area contributed by atoms with E-state index in [1.54, 1.807) is 0 Å². The summed E-state index contributed by atoms with van der Waals surface area (Å²) in [5.41, 5.74) is 4.58. The maximum absolute atomic E-state index is 9.92. The number of likely N-dealkylation sites (tertiary alicyclic amines) is 1. The summed E-state index contributed by atoms with van der Waals surface area (Å²) in [5.74, 6) is 1.38. The van der Waals surface area contributed by atoms with Gasteiger partial charge in [0.2, 0.25) is 5.96 Å². The molecule has 198 valence electrons. The summed E-state index contributed by atoms with van der Waals surface area (Å²) in [5, 5.41) is 17.0. The summed E-state index contributed by atoms with van der Waals surface area (Å²) in [6.07, 6.45) is 11.9. The van der Waals surface area contributed by atoms with E-state index in [9.17, 15) is 5.11 Å². The van der Waals surface area contributed by atoms with Crippen molar-refractivity contribution in [1.29, 1.82) is 0 Å². The quantitative estimate of drug-likeness (QED) is 0.256. The molecule has 3 rings (SSSR count). The molecule has 1 saturated carbocycles. The molecular weight excluding hydrogens is 448 g/mol. The molecule has 0 amide bonds. The van der Waals surface area contributed by atoms with Gasteiger partial charge >= 0.3 is 0 Å². The number of aliphatic hydroxyl groups is 1. The minimum atomic E-state index is -0.188. The van der Waals surface area contributed by atoms with Crippen molar-refractivity contribution in [2.45, 2.75) is 97.2 Å². The molecule has 3 N–H and O–H groups in total. The predicted octanol–water partition coefficient (Wildman–Crippen LogP) is 5.00. The van der Waals surface area contributed by atoms with Crippen LogP contribution in [-0.2, 0) is 0 Å². The number of pyridine rings is 1. The third kappa shape index (κ3) is 8.56. The van der Waals surface area contributed by atoms with E-state index in [2.05, 4.69) is 78.1 Å². The molecule has 2 aliphatic rings. The molecular formula is C29H46N6O. The Hall–Kier alpha value is -2.51. The average molecular weight is 495 g/mol. The Balaban J connectivity index is 1.76. The van der Waals surface area contributed by atoms with Crippen LogP contribution in [0.2, 0.25) is 0 Å². The van der Waals surface area contributed by atoms with E-state index in [-0.39, 0.29) is 12.1 Å². The third-order valence-corrected chi connectivity index (χ3v) is 7.29. The monoisotopic (exact) mass is 494 g/mol. The Kier molecular flexibility index (Phi) is 11.1. The first-order valence-corrected chi connectivity index (χ1v) is 13.7. The number of nitrogens with zero attached hydrogens (tertiary/aromatic N) is 4. The van der Waals surface area contributed by atoms with E-state index >= 15 is 0 Å². The molecule has 0 radical (unpaired) electrons. The molecule has 1 aromatic rings. The lowest BCUT2D eigenvalue weighted by Crippen LogP contribution is -2.40. The Labute approximate surface area is 217 Å². The molecule has 1 saturated heterocycles. The SMILES string of the molecule is C=NC(=NCCCC)N/C(NC1CCC(O)CC1)=C(\C)c1ccc(C=C2CCN(C(C)C)CC2)cn1. The maximum atomic E-state index is 9.92. The molecule has 1 aromatic heterocycles. The Morgan fingerprint density at radius 3 is 2.53 bits per heavy atom. The second-order valence-electron chi connectivity index (χ2n) is 10.4. The van der Waals surface area contributed by atoms with Crippen LogP contribution in [0.3, 0.4) is 0 Å². The van der Waals surface area contributed by atoms with E-state index in [0.717, 1.165) is 93.7 Å². The van der Waals surface area contributed by atoms with Gasteiger partial charge in [-0.1, -0.05) is 31.1 Å². The number of allylic oxidation sites excluding steroid dienone is 1. The Morgan fingerprint density at radius 1 is 1.22 bits per heavy atom. The van der Waals surface area contributed by atoms with Gasteiger partial charge in [0.05, 0.1) is 11.8 Å². The minimum absolute atomic E-state index is 0.188. The number of hydrogen-bond donors (Lipinski definition) is 3. The molecule has 0 aromatic carbocycles. The molecule has 0 spiro atoms. The molecule has 7 heteroatoms. The summed E-state index contributed by atoms with van der Waals surface area (Å²) in [4.78, 5) is 16.0.